The van der Waals surface area contributed by atoms with Crippen LogP contribution in [0.25, 0.3) is 28.1 Å². The number of fused-ring (bicyclic) bond motifs is 2. The molecule has 1 aliphatic heterocycles. The molecule has 160 valence electrons. The molecule has 5 rings (SSSR count). The standard InChI is InChI=1S/C20H20N8O2.ClH/c21-9-13-3-5-27-16(8-13)15(11-24-27)18-23-12-17-19(25-18)28(14-2-1-4-22-10-14)20(30)26(17)6-7-29;/h3,5,8,11-12,14,22,29H,1-2,4,6-7,10H2;1H. The van der Waals surface area contributed by atoms with Gasteiger partial charge in [-0.25, -0.2) is 19.3 Å². The van der Waals surface area contributed by atoms with Crippen LogP contribution in [-0.2, 0) is 6.54 Å². The second kappa shape index (κ2) is 8.47. The third kappa shape index (κ3) is 3.46. The number of aromatic nitrogens is 6. The smallest absolute Gasteiger partial charge is 0.330 e. The van der Waals surface area contributed by atoms with E-state index in [2.05, 4.69) is 21.5 Å². The van der Waals surface area contributed by atoms with Crippen LogP contribution in [0, 0.1) is 11.3 Å². The molecule has 0 bridgehead atoms. The lowest BCUT2D eigenvalue weighted by molar-refractivity contribution is 0.274. The molecule has 1 atom stereocenters. The van der Waals surface area contributed by atoms with Crippen LogP contribution >= 0.6 is 12.4 Å². The number of rotatable bonds is 4. The number of hydrogen-bond acceptors (Lipinski definition) is 7. The van der Waals surface area contributed by atoms with E-state index in [1.807, 2.05) is 0 Å². The number of nitrogens with zero attached hydrogens (tertiary/aromatic N) is 7. The van der Waals surface area contributed by atoms with E-state index in [1.54, 1.807) is 39.8 Å². The van der Waals surface area contributed by atoms with E-state index in [0.717, 1.165) is 24.9 Å². The third-order valence-corrected chi connectivity index (χ3v) is 5.56. The molecule has 0 amide bonds. The Kier molecular flexibility index (Phi) is 5.73. The average Bonchev–Trinajstić information content (AvgIpc) is 3.32. The predicted molar refractivity (Wildman–Crippen MR) is 116 cm³/mol. The summed E-state index contributed by atoms with van der Waals surface area (Å²) in [5, 5.41) is 26.3. The Morgan fingerprint density at radius 3 is 2.94 bits per heavy atom. The quantitative estimate of drug-likeness (QED) is 0.486. The number of nitrogens with one attached hydrogen (secondary N) is 1. The summed E-state index contributed by atoms with van der Waals surface area (Å²) in [6.07, 6.45) is 6.86. The minimum absolute atomic E-state index is 0. The van der Waals surface area contributed by atoms with Crippen molar-refractivity contribution >= 4 is 29.1 Å². The second-order valence-corrected chi connectivity index (χ2v) is 7.35. The van der Waals surface area contributed by atoms with Crippen LogP contribution < -0.4 is 11.0 Å². The maximum atomic E-state index is 13.1. The highest BCUT2D eigenvalue weighted by Crippen LogP contribution is 2.25. The van der Waals surface area contributed by atoms with Gasteiger partial charge in [0, 0.05) is 12.7 Å². The fourth-order valence-electron chi connectivity index (χ4n) is 4.11. The Morgan fingerprint density at radius 2 is 2.19 bits per heavy atom. The zero-order chi connectivity index (χ0) is 20.7. The minimum Gasteiger partial charge on any atom is -0.395 e. The van der Waals surface area contributed by atoms with Crippen molar-refractivity contribution < 1.29 is 5.11 Å². The Balaban J connectivity index is 0.00000231. The summed E-state index contributed by atoms with van der Waals surface area (Å²) in [7, 11) is 0. The summed E-state index contributed by atoms with van der Waals surface area (Å²) in [6.45, 7) is 1.67. The zero-order valence-corrected chi connectivity index (χ0v) is 17.4. The summed E-state index contributed by atoms with van der Waals surface area (Å²) in [6, 6.07) is 5.56. The Bertz CT molecular complexity index is 1340. The number of halogens is 1. The SMILES string of the molecule is Cl.N#Cc1ccn2ncc(-c3ncc4c(n3)n(C3CCCNC3)c(=O)n4CCO)c2c1. The molecule has 1 fully saturated rings. The molecule has 4 aromatic heterocycles. The van der Waals surface area contributed by atoms with Gasteiger partial charge >= 0.3 is 5.69 Å². The van der Waals surface area contributed by atoms with Crippen molar-refractivity contribution in [1.29, 1.82) is 5.26 Å². The van der Waals surface area contributed by atoms with Crippen LogP contribution in [0.3, 0.4) is 0 Å². The molecule has 0 spiro atoms. The minimum atomic E-state index is -0.189. The molecule has 31 heavy (non-hydrogen) atoms. The summed E-state index contributed by atoms with van der Waals surface area (Å²) in [5.74, 6) is 0.436. The van der Waals surface area contributed by atoms with E-state index < -0.39 is 0 Å². The average molecular weight is 441 g/mol. The number of imidazole rings is 1. The summed E-state index contributed by atoms with van der Waals surface area (Å²) >= 11 is 0. The van der Waals surface area contributed by atoms with Gasteiger partial charge < -0.3 is 10.4 Å². The molecule has 1 aliphatic rings. The number of hydrogen-bond donors (Lipinski definition) is 2. The molecule has 1 saturated heterocycles. The van der Waals surface area contributed by atoms with E-state index in [4.69, 9.17) is 4.98 Å². The van der Waals surface area contributed by atoms with Gasteiger partial charge in [-0.05, 0) is 31.5 Å². The van der Waals surface area contributed by atoms with Gasteiger partial charge in [-0.15, -0.1) is 12.4 Å². The van der Waals surface area contributed by atoms with Crippen molar-refractivity contribution in [1.82, 2.24) is 34.0 Å². The van der Waals surface area contributed by atoms with E-state index in [0.29, 0.717) is 34.7 Å². The molecule has 10 nitrogen and oxygen atoms in total. The maximum absolute atomic E-state index is 13.1. The van der Waals surface area contributed by atoms with Crippen molar-refractivity contribution in [3.8, 4) is 17.5 Å². The topological polar surface area (TPSA) is 126 Å². The Labute approximate surface area is 183 Å². The van der Waals surface area contributed by atoms with Crippen LogP contribution in [0.2, 0.25) is 0 Å². The molecule has 0 aromatic carbocycles. The van der Waals surface area contributed by atoms with Crippen LogP contribution in [-0.4, -0.2) is 53.5 Å². The highest BCUT2D eigenvalue weighted by Gasteiger charge is 2.24. The van der Waals surface area contributed by atoms with E-state index >= 15 is 0 Å². The van der Waals surface area contributed by atoms with Gasteiger partial charge in [0.1, 0.15) is 5.52 Å². The molecule has 5 heterocycles. The second-order valence-electron chi connectivity index (χ2n) is 7.35. The first-order chi connectivity index (χ1) is 14.7. The molecule has 4 aromatic rings. The largest absolute Gasteiger partial charge is 0.395 e. The van der Waals surface area contributed by atoms with Gasteiger partial charge in [0.2, 0.25) is 0 Å². The number of nitriles is 1. The third-order valence-electron chi connectivity index (χ3n) is 5.56. The lowest BCUT2D eigenvalue weighted by Gasteiger charge is -2.23. The molecule has 11 heteroatoms. The number of pyridine rings is 1. The first kappa shape index (κ1) is 21.0. The first-order valence-corrected chi connectivity index (χ1v) is 9.88. The first-order valence-electron chi connectivity index (χ1n) is 9.88. The fourth-order valence-corrected chi connectivity index (χ4v) is 4.11. The van der Waals surface area contributed by atoms with Crippen molar-refractivity contribution in [2.45, 2.75) is 25.4 Å². The molecule has 1 unspecified atom stereocenters. The fraction of sp³-hybridized carbons (Fsp3) is 0.350. The number of aliphatic hydroxyl groups excluding tert-OH is 1. The van der Waals surface area contributed by atoms with Crippen LogP contribution in [0.1, 0.15) is 24.4 Å². The van der Waals surface area contributed by atoms with Gasteiger partial charge in [0.05, 0.1) is 54.3 Å². The molecule has 2 N–H and O–H groups in total. The molecular weight excluding hydrogens is 420 g/mol. The maximum Gasteiger partial charge on any atom is 0.330 e. The van der Waals surface area contributed by atoms with Gasteiger partial charge in [-0.1, -0.05) is 0 Å². The van der Waals surface area contributed by atoms with Crippen molar-refractivity contribution in [2.24, 2.45) is 0 Å². The highest BCUT2D eigenvalue weighted by molar-refractivity contribution is 5.85. The lowest BCUT2D eigenvalue weighted by Crippen LogP contribution is -2.37. The molecule has 0 radical (unpaired) electrons. The number of piperidine rings is 1. The summed E-state index contributed by atoms with van der Waals surface area (Å²) in [4.78, 5) is 22.4. The van der Waals surface area contributed by atoms with E-state index in [-0.39, 0.29) is 37.3 Å². The summed E-state index contributed by atoms with van der Waals surface area (Å²) in [5.41, 5.74) is 2.87. The van der Waals surface area contributed by atoms with Gasteiger partial charge in [0.15, 0.2) is 11.5 Å². The monoisotopic (exact) mass is 440 g/mol. The van der Waals surface area contributed by atoms with Gasteiger partial charge in [-0.2, -0.15) is 10.4 Å². The Hall–Kier alpha value is -3.26. The van der Waals surface area contributed by atoms with E-state index in [9.17, 15) is 15.2 Å². The van der Waals surface area contributed by atoms with Crippen molar-refractivity contribution in [2.75, 3.05) is 19.7 Å². The molecule has 0 aliphatic carbocycles. The summed E-state index contributed by atoms with van der Waals surface area (Å²) < 4.78 is 4.91. The predicted octanol–water partition coefficient (Wildman–Crippen LogP) is 1.12. The van der Waals surface area contributed by atoms with Gasteiger partial charge in [0.25, 0.3) is 0 Å². The lowest BCUT2D eigenvalue weighted by atomic mass is 10.1. The van der Waals surface area contributed by atoms with Crippen LogP contribution in [0.4, 0.5) is 0 Å². The van der Waals surface area contributed by atoms with Crippen molar-refractivity contribution in [3.05, 3.63) is 46.8 Å². The number of aliphatic hydroxyl groups is 1. The van der Waals surface area contributed by atoms with Crippen LogP contribution in [0.5, 0.6) is 0 Å². The Morgan fingerprint density at radius 1 is 1.32 bits per heavy atom. The highest BCUT2D eigenvalue weighted by atomic mass is 35.5. The van der Waals surface area contributed by atoms with Crippen LogP contribution in [0.15, 0.2) is 35.5 Å². The molecule has 0 saturated carbocycles. The zero-order valence-electron chi connectivity index (χ0n) is 16.6. The van der Waals surface area contributed by atoms with Crippen molar-refractivity contribution in [3.63, 3.8) is 0 Å². The molecular formula is C20H21ClN8O2. The normalized spacial score (nSPS) is 16.3. The van der Waals surface area contributed by atoms with Gasteiger partial charge in [-0.3, -0.25) is 9.13 Å². The van der Waals surface area contributed by atoms with E-state index in [1.165, 1.54) is 4.57 Å².